The van der Waals surface area contributed by atoms with Crippen molar-refractivity contribution in [3.63, 3.8) is 0 Å². The number of carbonyl (C=O) groups excluding carboxylic acids is 1. The fraction of sp³-hybridized carbons (Fsp3) is 0.667. The van der Waals surface area contributed by atoms with E-state index in [4.69, 9.17) is 9.26 Å². The number of carbonyl (C=O) groups is 1. The lowest BCUT2D eigenvalue weighted by Gasteiger charge is -2.22. The molecule has 8 nitrogen and oxygen atoms in total. The van der Waals surface area contributed by atoms with E-state index in [1.165, 1.54) is 0 Å². The molecule has 1 aromatic heterocycles. The quantitative estimate of drug-likeness (QED) is 0.813. The van der Waals surface area contributed by atoms with Gasteiger partial charge in [-0.2, -0.15) is 4.31 Å². The summed E-state index contributed by atoms with van der Waals surface area (Å²) in [4.78, 5) is 11.9. The summed E-state index contributed by atoms with van der Waals surface area (Å²) in [5.41, 5.74) is 0. The van der Waals surface area contributed by atoms with Crippen LogP contribution < -0.4 is 5.32 Å². The van der Waals surface area contributed by atoms with Crippen LogP contribution in [0.15, 0.2) is 10.6 Å². The van der Waals surface area contributed by atoms with Gasteiger partial charge in [-0.05, 0) is 19.8 Å². The molecule has 1 saturated heterocycles. The van der Waals surface area contributed by atoms with E-state index in [1.807, 2.05) is 0 Å². The fourth-order valence-corrected chi connectivity index (χ4v) is 2.89. The highest BCUT2D eigenvalue weighted by molar-refractivity contribution is 7.88. The molecule has 1 fully saturated rings. The molecule has 0 aromatic carbocycles. The maximum Gasteiger partial charge on any atom is 0.240 e. The van der Waals surface area contributed by atoms with Crippen molar-refractivity contribution in [1.82, 2.24) is 9.46 Å². The average Bonchev–Trinajstić information content (AvgIpc) is 2.99. The summed E-state index contributed by atoms with van der Waals surface area (Å²) in [6.07, 6.45) is 2.64. The Morgan fingerprint density at radius 2 is 2.33 bits per heavy atom. The molecule has 0 saturated carbocycles. The normalized spacial score (nSPS) is 19.1. The van der Waals surface area contributed by atoms with Gasteiger partial charge in [-0.1, -0.05) is 5.16 Å². The van der Waals surface area contributed by atoms with Gasteiger partial charge in [0.1, 0.15) is 5.76 Å². The second-order valence-corrected chi connectivity index (χ2v) is 7.04. The van der Waals surface area contributed by atoms with E-state index >= 15 is 0 Å². The number of hydrogen-bond acceptors (Lipinski definition) is 6. The predicted octanol–water partition coefficient (Wildman–Crippen LogP) is 0.362. The van der Waals surface area contributed by atoms with Gasteiger partial charge in [0.2, 0.25) is 15.9 Å². The first-order valence-electron chi connectivity index (χ1n) is 6.64. The van der Waals surface area contributed by atoms with Crippen molar-refractivity contribution in [2.75, 3.05) is 31.3 Å². The van der Waals surface area contributed by atoms with Crippen LogP contribution in [0.25, 0.3) is 0 Å². The second-order valence-electron chi connectivity index (χ2n) is 5.06. The molecule has 2 heterocycles. The first kappa shape index (κ1) is 15.9. The Bertz CT molecular complexity index is 592. The van der Waals surface area contributed by atoms with Gasteiger partial charge in [-0.15, -0.1) is 0 Å². The molecular weight excluding hydrogens is 298 g/mol. The van der Waals surface area contributed by atoms with Crippen LogP contribution in [0, 0.1) is 6.92 Å². The van der Waals surface area contributed by atoms with Crippen LogP contribution in [0.4, 0.5) is 5.82 Å². The van der Waals surface area contributed by atoms with Crippen LogP contribution in [0.1, 0.15) is 18.6 Å². The number of anilines is 1. The van der Waals surface area contributed by atoms with Crippen LogP contribution in [-0.2, 0) is 19.6 Å². The minimum atomic E-state index is -3.49. The van der Waals surface area contributed by atoms with Crippen molar-refractivity contribution < 1.29 is 22.5 Å². The van der Waals surface area contributed by atoms with Crippen LogP contribution in [0.2, 0.25) is 0 Å². The number of sulfonamides is 1. The first-order valence-corrected chi connectivity index (χ1v) is 8.49. The third-order valence-electron chi connectivity index (χ3n) is 3.12. The first-order chi connectivity index (χ1) is 9.84. The highest BCUT2D eigenvalue weighted by Gasteiger charge is 2.26. The zero-order valence-electron chi connectivity index (χ0n) is 12.0. The number of amides is 1. The molecule has 1 N–H and O–H groups in total. The highest BCUT2D eigenvalue weighted by atomic mass is 32.2. The molecule has 1 aliphatic rings. The van der Waals surface area contributed by atoms with E-state index in [-0.39, 0.29) is 25.0 Å². The van der Waals surface area contributed by atoms with Gasteiger partial charge in [0, 0.05) is 19.2 Å². The van der Waals surface area contributed by atoms with Crippen molar-refractivity contribution in [3.8, 4) is 0 Å². The average molecular weight is 317 g/mol. The van der Waals surface area contributed by atoms with Gasteiger partial charge in [0.25, 0.3) is 0 Å². The summed E-state index contributed by atoms with van der Waals surface area (Å²) in [6, 6.07) is 1.56. The lowest BCUT2D eigenvalue weighted by Crippen LogP contribution is -2.41. The largest absolute Gasteiger partial charge is 0.377 e. The maximum atomic E-state index is 11.9. The molecule has 0 bridgehead atoms. The molecular formula is C12H19N3O5S. The molecule has 0 aliphatic carbocycles. The number of nitrogens with zero attached hydrogens (tertiary/aromatic N) is 2. The van der Waals surface area contributed by atoms with Gasteiger partial charge in [-0.3, -0.25) is 4.79 Å². The molecule has 1 atom stereocenters. The summed E-state index contributed by atoms with van der Waals surface area (Å²) in [5.74, 6) is 0.361. The minimum Gasteiger partial charge on any atom is -0.377 e. The summed E-state index contributed by atoms with van der Waals surface area (Å²) in [7, 11) is -3.49. The van der Waals surface area contributed by atoms with Crippen LogP contribution >= 0.6 is 0 Å². The van der Waals surface area contributed by atoms with Crippen LogP contribution in [-0.4, -0.2) is 55.8 Å². The number of hydrogen-bond donors (Lipinski definition) is 1. The van der Waals surface area contributed by atoms with Crippen LogP contribution in [0.5, 0.6) is 0 Å². The predicted molar refractivity (Wildman–Crippen MR) is 75.3 cm³/mol. The van der Waals surface area contributed by atoms with Gasteiger partial charge in [0.05, 0.1) is 18.9 Å². The minimum absolute atomic E-state index is 0.151. The number of aryl methyl sites for hydroxylation is 1. The fourth-order valence-electron chi connectivity index (χ4n) is 2.10. The highest BCUT2D eigenvalue weighted by Crippen LogP contribution is 2.15. The number of nitrogens with one attached hydrogen (secondary N) is 1. The molecule has 1 aromatic rings. The molecule has 0 radical (unpaired) electrons. The number of ether oxygens (including phenoxy) is 1. The molecule has 21 heavy (non-hydrogen) atoms. The SMILES string of the molecule is Cc1cc(NC(=O)CN(CC2CCCO2)S(C)(=O)=O)no1. The van der Waals surface area contributed by atoms with Crippen molar-refractivity contribution in [2.24, 2.45) is 0 Å². The van der Waals surface area contributed by atoms with Gasteiger partial charge in [0.15, 0.2) is 5.82 Å². The Hall–Kier alpha value is -1.45. The van der Waals surface area contributed by atoms with Crippen molar-refractivity contribution in [1.29, 1.82) is 0 Å². The Morgan fingerprint density at radius 3 is 2.86 bits per heavy atom. The van der Waals surface area contributed by atoms with Gasteiger partial charge in [-0.25, -0.2) is 8.42 Å². The molecule has 0 spiro atoms. The second kappa shape index (κ2) is 6.54. The van der Waals surface area contributed by atoms with E-state index in [1.54, 1.807) is 13.0 Å². The van der Waals surface area contributed by atoms with Crippen molar-refractivity contribution >= 4 is 21.7 Å². The monoisotopic (exact) mass is 317 g/mol. The van der Waals surface area contributed by atoms with E-state index in [0.29, 0.717) is 12.4 Å². The summed E-state index contributed by atoms with van der Waals surface area (Å²) in [6.45, 7) is 2.24. The maximum absolute atomic E-state index is 11.9. The van der Waals surface area contributed by atoms with E-state index in [9.17, 15) is 13.2 Å². The zero-order valence-corrected chi connectivity index (χ0v) is 12.9. The standard InChI is InChI=1S/C12H19N3O5S/c1-9-6-11(14-20-9)13-12(16)8-15(21(2,17)18)7-10-4-3-5-19-10/h6,10H,3-5,7-8H2,1-2H3,(H,13,14,16). The Morgan fingerprint density at radius 1 is 1.57 bits per heavy atom. The molecule has 118 valence electrons. The Labute approximate surface area is 123 Å². The molecule has 2 rings (SSSR count). The molecule has 1 unspecified atom stereocenters. The van der Waals surface area contributed by atoms with Crippen molar-refractivity contribution in [2.45, 2.75) is 25.9 Å². The van der Waals surface area contributed by atoms with Crippen LogP contribution in [0.3, 0.4) is 0 Å². The number of aromatic nitrogens is 1. The summed E-state index contributed by atoms with van der Waals surface area (Å²) in [5, 5.41) is 6.13. The smallest absolute Gasteiger partial charge is 0.240 e. The lowest BCUT2D eigenvalue weighted by molar-refractivity contribution is -0.116. The van der Waals surface area contributed by atoms with E-state index < -0.39 is 15.9 Å². The van der Waals surface area contributed by atoms with E-state index in [2.05, 4.69) is 10.5 Å². The summed E-state index contributed by atoms with van der Waals surface area (Å²) < 4.78 is 34.9. The molecule has 1 amide bonds. The lowest BCUT2D eigenvalue weighted by atomic mass is 10.2. The molecule has 1 aliphatic heterocycles. The zero-order chi connectivity index (χ0) is 15.5. The Balaban J connectivity index is 1.95. The number of rotatable bonds is 6. The third kappa shape index (κ3) is 4.80. The topological polar surface area (TPSA) is 102 Å². The van der Waals surface area contributed by atoms with Gasteiger partial charge < -0.3 is 14.6 Å². The summed E-state index contributed by atoms with van der Waals surface area (Å²) >= 11 is 0. The van der Waals surface area contributed by atoms with Crippen molar-refractivity contribution in [3.05, 3.63) is 11.8 Å². The Kier molecular flexibility index (Phi) is 4.96. The molecule has 9 heteroatoms. The third-order valence-corrected chi connectivity index (χ3v) is 4.33. The van der Waals surface area contributed by atoms with E-state index in [0.717, 1.165) is 23.4 Å². The van der Waals surface area contributed by atoms with Gasteiger partial charge >= 0.3 is 0 Å².